The number of hydrogen-bond donors (Lipinski definition) is 1. The van der Waals surface area contributed by atoms with E-state index in [0.29, 0.717) is 42.0 Å². The molecule has 1 heterocycles. The number of anilines is 1. The molecule has 8 nitrogen and oxygen atoms in total. The lowest BCUT2D eigenvalue weighted by Gasteiger charge is -2.20. The molecule has 0 unspecified atom stereocenters. The summed E-state index contributed by atoms with van der Waals surface area (Å²) in [6, 6.07) is 4.95. The maximum Gasteiger partial charge on any atom is 0.243 e. The number of nitrogens with one attached hydrogen (secondary N) is 1. The molecule has 0 radical (unpaired) electrons. The minimum absolute atomic E-state index is 0.145. The van der Waals surface area contributed by atoms with Crippen LogP contribution in [0, 0.1) is 6.92 Å². The number of thioether (sulfide) groups is 1. The highest BCUT2D eigenvalue weighted by atomic mass is 32.2. The van der Waals surface area contributed by atoms with E-state index in [0.717, 1.165) is 18.7 Å². The number of nitrogens with zero attached hydrogens (tertiary/aromatic N) is 4. The molecule has 1 aliphatic rings. The maximum atomic E-state index is 12.9. The summed E-state index contributed by atoms with van der Waals surface area (Å²) in [5, 5.41) is 12.0. The average molecular weight is 464 g/mol. The van der Waals surface area contributed by atoms with Gasteiger partial charge in [0.05, 0.1) is 10.6 Å². The monoisotopic (exact) mass is 463 g/mol. The van der Waals surface area contributed by atoms with Crippen LogP contribution in [0.15, 0.2) is 40.9 Å². The van der Waals surface area contributed by atoms with E-state index in [4.69, 9.17) is 0 Å². The standard InChI is InChI=1S/C21H29N5O3S2/c1-5-12-26-20(16-9-10-16)23-24-21(26)30-14-19(27)22-17-11-8-15(4)18(13-17)31(28,29)25(6-2)7-3/h5,8,11,13,16H,1,6-7,9-10,12,14H2,2-4H3,(H,22,27). The summed E-state index contributed by atoms with van der Waals surface area (Å²) in [5.41, 5.74) is 1.09. The average Bonchev–Trinajstić information content (AvgIpc) is 3.50. The number of carbonyl (C=O) groups is 1. The Morgan fingerprint density at radius 2 is 2.03 bits per heavy atom. The molecule has 3 rings (SSSR count). The molecule has 10 heteroatoms. The Bertz CT molecular complexity index is 1060. The number of aromatic nitrogens is 3. The van der Waals surface area contributed by atoms with Gasteiger partial charge in [0, 0.05) is 31.2 Å². The number of rotatable bonds is 11. The SMILES string of the molecule is C=CCn1c(SCC(=O)Nc2ccc(C)c(S(=O)(=O)N(CC)CC)c2)nnc1C1CC1. The molecule has 0 aliphatic heterocycles. The number of sulfonamides is 1. The van der Waals surface area contributed by atoms with E-state index in [-0.39, 0.29) is 16.6 Å². The highest BCUT2D eigenvalue weighted by Gasteiger charge is 2.30. The number of amides is 1. The topological polar surface area (TPSA) is 97.2 Å². The second-order valence-electron chi connectivity index (χ2n) is 7.42. The van der Waals surface area contributed by atoms with Crippen molar-refractivity contribution in [3.8, 4) is 0 Å². The zero-order valence-electron chi connectivity index (χ0n) is 18.2. The van der Waals surface area contributed by atoms with Crippen molar-refractivity contribution in [3.05, 3.63) is 42.2 Å². The van der Waals surface area contributed by atoms with Gasteiger partial charge in [-0.2, -0.15) is 4.31 Å². The van der Waals surface area contributed by atoms with E-state index < -0.39 is 10.0 Å². The van der Waals surface area contributed by atoms with Crippen LogP contribution < -0.4 is 5.32 Å². The van der Waals surface area contributed by atoms with Gasteiger partial charge < -0.3 is 9.88 Å². The van der Waals surface area contributed by atoms with Gasteiger partial charge in [0.15, 0.2) is 5.16 Å². The third kappa shape index (κ3) is 5.36. The summed E-state index contributed by atoms with van der Waals surface area (Å²) < 4.78 is 29.2. The highest BCUT2D eigenvalue weighted by Crippen LogP contribution is 2.40. The van der Waals surface area contributed by atoms with Crippen LogP contribution in [0.25, 0.3) is 0 Å². The molecule has 0 bridgehead atoms. The number of hydrogen-bond acceptors (Lipinski definition) is 6. The second kappa shape index (κ2) is 9.97. The van der Waals surface area contributed by atoms with Crippen molar-refractivity contribution < 1.29 is 13.2 Å². The van der Waals surface area contributed by atoms with E-state index in [1.165, 1.54) is 22.1 Å². The number of aryl methyl sites for hydroxylation is 1. The highest BCUT2D eigenvalue weighted by molar-refractivity contribution is 7.99. The van der Waals surface area contributed by atoms with Crippen LogP contribution >= 0.6 is 11.8 Å². The Morgan fingerprint density at radius 3 is 2.65 bits per heavy atom. The van der Waals surface area contributed by atoms with E-state index in [9.17, 15) is 13.2 Å². The minimum atomic E-state index is -3.61. The van der Waals surface area contributed by atoms with Gasteiger partial charge in [0.1, 0.15) is 5.82 Å². The fraction of sp³-hybridized carbons (Fsp3) is 0.476. The quantitative estimate of drug-likeness (QED) is 0.405. The summed E-state index contributed by atoms with van der Waals surface area (Å²) >= 11 is 1.31. The largest absolute Gasteiger partial charge is 0.325 e. The van der Waals surface area contributed by atoms with Crippen molar-refractivity contribution in [2.75, 3.05) is 24.2 Å². The first-order valence-electron chi connectivity index (χ1n) is 10.4. The van der Waals surface area contributed by atoms with Crippen LogP contribution in [-0.4, -0.2) is 52.2 Å². The molecule has 1 aromatic heterocycles. The van der Waals surface area contributed by atoms with Gasteiger partial charge in [-0.25, -0.2) is 8.42 Å². The molecule has 1 saturated carbocycles. The number of allylic oxidation sites excluding steroid dienone is 1. The van der Waals surface area contributed by atoms with Crippen molar-refractivity contribution in [1.29, 1.82) is 0 Å². The number of carbonyl (C=O) groups excluding carboxylic acids is 1. The summed E-state index contributed by atoms with van der Waals surface area (Å²) in [5.74, 6) is 1.31. The summed E-state index contributed by atoms with van der Waals surface area (Å²) in [6.45, 7) is 10.5. The van der Waals surface area contributed by atoms with Crippen LogP contribution in [0.2, 0.25) is 0 Å². The molecule has 168 valence electrons. The normalized spacial score (nSPS) is 14.1. The third-order valence-corrected chi connectivity index (χ3v) is 8.29. The van der Waals surface area contributed by atoms with Gasteiger partial charge in [0.25, 0.3) is 0 Å². The van der Waals surface area contributed by atoms with E-state index >= 15 is 0 Å². The van der Waals surface area contributed by atoms with Crippen molar-refractivity contribution in [2.24, 2.45) is 0 Å². The van der Waals surface area contributed by atoms with Crippen molar-refractivity contribution in [1.82, 2.24) is 19.1 Å². The molecular weight excluding hydrogens is 434 g/mol. The zero-order chi connectivity index (χ0) is 22.6. The van der Waals surface area contributed by atoms with Gasteiger partial charge in [-0.15, -0.1) is 16.8 Å². The fourth-order valence-corrected chi connectivity index (χ4v) is 5.80. The number of benzene rings is 1. The van der Waals surface area contributed by atoms with Crippen molar-refractivity contribution >= 4 is 33.4 Å². The van der Waals surface area contributed by atoms with Crippen LogP contribution in [0.1, 0.15) is 44.0 Å². The van der Waals surface area contributed by atoms with Gasteiger partial charge in [-0.3, -0.25) is 4.79 Å². The predicted octanol–water partition coefficient (Wildman–Crippen LogP) is 3.41. The van der Waals surface area contributed by atoms with E-state index in [1.807, 2.05) is 4.57 Å². The molecule has 1 aliphatic carbocycles. The Morgan fingerprint density at radius 1 is 1.32 bits per heavy atom. The second-order valence-corrected chi connectivity index (χ2v) is 10.3. The third-order valence-electron chi connectivity index (χ3n) is 5.13. The summed E-state index contributed by atoms with van der Waals surface area (Å²) in [6.07, 6.45) is 4.03. The molecule has 2 aromatic rings. The first-order chi connectivity index (χ1) is 14.8. The Labute approximate surface area is 188 Å². The van der Waals surface area contributed by atoms with Gasteiger partial charge in [-0.05, 0) is 37.5 Å². The van der Waals surface area contributed by atoms with Gasteiger partial charge >= 0.3 is 0 Å². The molecule has 0 spiro atoms. The molecule has 1 amide bonds. The lowest BCUT2D eigenvalue weighted by molar-refractivity contribution is -0.113. The Kier molecular flexibility index (Phi) is 7.55. The van der Waals surface area contributed by atoms with Crippen LogP contribution in [0.4, 0.5) is 5.69 Å². The minimum Gasteiger partial charge on any atom is -0.325 e. The van der Waals surface area contributed by atoms with Gasteiger partial charge in [0.2, 0.25) is 15.9 Å². The van der Waals surface area contributed by atoms with Crippen LogP contribution in [-0.2, 0) is 21.4 Å². The maximum absolute atomic E-state index is 12.9. The molecule has 31 heavy (non-hydrogen) atoms. The van der Waals surface area contributed by atoms with Gasteiger partial charge in [-0.1, -0.05) is 37.8 Å². The Hall–Kier alpha value is -2.17. The smallest absolute Gasteiger partial charge is 0.243 e. The Balaban J connectivity index is 1.70. The van der Waals surface area contributed by atoms with Crippen LogP contribution in [0.5, 0.6) is 0 Å². The van der Waals surface area contributed by atoms with Crippen molar-refractivity contribution in [2.45, 2.75) is 56.1 Å². The molecule has 0 atom stereocenters. The molecular formula is C21H29N5O3S2. The molecule has 1 aromatic carbocycles. The van der Waals surface area contributed by atoms with E-state index in [2.05, 4.69) is 22.1 Å². The zero-order valence-corrected chi connectivity index (χ0v) is 19.8. The lowest BCUT2D eigenvalue weighted by atomic mass is 10.2. The molecule has 1 fully saturated rings. The summed E-state index contributed by atoms with van der Waals surface area (Å²) in [4.78, 5) is 12.7. The first kappa shape index (κ1) is 23.5. The predicted molar refractivity (Wildman–Crippen MR) is 123 cm³/mol. The van der Waals surface area contributed by atoms with Crippen molar-refractivity contribution in [3.63, 3.8) is 0 Å². The lowest BCUT2D eigenvalue weighted by Crippen LogP contribution is -2.31. The summed E-state index contributed by atoms with van der Waals surface area (Å²) in [7, 11) is -3.61. The van der Waals surface area contributed by atoms with Crippen LogP contribution in [0.3, 0.4) is 0 Å². The first-order valence-corrected chi connectivity index (χ1v) is 12.8. The molecule has 0 saturated heterocycles. The molecule has 1 N–H and O–H groups in total. The fourth-order valence-electron chi connectivity index (χ4n) is 3.34. The van der Waals surface area contributed by atoms with E-state index in [1.54, 1.807) is 39.0 Å².